The van der Waals surface area contributed by atoms with Gasteiger partial charge in [0.15, 0.2) is 0 Å². The second-order valence-electron chi connectivity index (χ2n) is 3.67. The number of nitro groups is 1. The van der Waals surface area contributed by atoms with Crippen LogP contribution in [0.25, 0.3) is 0 Å². The van der Waals surface area contributed by atoms with Crippen molar-refractivity contribution in [2.24, 2.45) is 0 Å². The average Bonchev–Trinajstić information content (AvgIpc) is 2.30. The van der Waals surface area contributed by atoms with Gasteiger partial charge < -0.3 is 4.90 Å². The third kappa shape index (κ3) is 2.26. The molecule has 0 bridgehead atoms. The van der Waals surface area contributed by atoms with E-state index in [0.717, 1.165) is 18.7 Å². The van der Waals surface area contributed by atoms with Crippen LogP contribution in [0.15, 0.2) is 30.3 Å². The third-order valence-electron chi connectivity index (χ3n) is 2.61. The highest BCUT2D eigenvalue weighted by atomic mass is 16.6. The molecule has 0 N–H and O–H groups in total. The first-order valence-electron chi connectivity index (χ1n) is 5.07. The predicted molar refractivity (Wildman–Crippen MR) is 58.1 cm³/mol. The van der Waals surface area contributed by atoms with Crippen LogP contribution in [0.5, 0.6) is 0 Å². The number of nitrogens with zero attached hydrogens (tertiary/aromatic N) is 2. The minimum absolute atomic E-state index is 0.213. The van der Waals surface area contributed by atoms with Crippen LogP contribution in [-0.2, 0) is 0 Å². The molecule has 0 aliphatic carbocycles. The zero-order chi connectivity index (χ0) is 10.7. The number of para-hydroxylation sites is 1. The molecule has 4 heteroatoms. The van der Waals surface area contributed by atoms with Crippen molar-refractivity contribution in [2.45, 2.75) is 18.9 Å². The largest absolute Gasteiger partial charge is 0.360 e. The normalized spacial score (nSPS) is 21.3. The Bertz CT molecular complexity index is 340. The van der Waals surface area contributed by atoms with E-state index in [1.807, 2.05) is 35.2 Å². The maximum atomic E-state index is 10.7. The first kappa shape index (κ1) is 9.96. The maximum absolute atomic E-state index is 10.7. The number of anilines is 1. The summed E-state index contributed by atoms with van der Waals surface area (Å²) >= 11 is 0. The molecule has 1 radical (unpaired) electrons. The predicted octanol–water partition coefficient (Wildman–Crippen LogP) is 2.09. The average molecular weight is 205 g/mol. The molecule has 1 aliphatic heterocycles. The molecule has 1 atom stereocenters. The SMILES string of the molecule is O=[N+]([O-])C1[CH]N(c2ccccc2)CCC1. The van der Waals surface area contributed by atoms with Crippen molar-refractivity contribution >= 4 is 5.69 Å². The highest BCUT2D eigenvalue weighted by Gasteiger charge is 2.28. The number of hydrogen-bond acceptors (Lipinski definition) is 3. The fraction of sp³-hybridized carbons (Fsp3) is 0.364. The summed E-state index contributed by atoms with van der Waals surface area (Å²) in [6, 6.07) is 9.24. The van der Waals surface area contributed by atoms with E-state index in [9.17, 15) is 10.1 Å². The van der Waals surface area contributed by atoms with E-state index >= 15 is 0 Å². The number of benzene rings is 1. The van der Waals surface area contributed by atoms with Gasteiger partial charge in [0.25, 0.3) is 0 Å². The zero-order valence-corrected chi connectivity index (χ0v) is 8.37. The van der Waals surface area contributed by atoms with Crippen molar-refractivity contribution in [3.63, 3.8) is 0 Å². The van der Waals surface area contributed by atoms with Crippen LogP contribution in [0.1, 0.15) is 12.8 Å². The first-order chi connectivity index (χ1) is 7.27. The van der Waals surface area contributed by atoms with Crippen LogP contribution in [0.4, 0.5) is 5.69 Å². The topological polar surface area (TPSA) is 46.4 Å². The molecule has 2 rings (SSSR count). The Balaban J connectivity index is 2.08. The third-order valence-corrected chi connectivity index (χ3v) is 2.61. The molecule has 0 amide bonds. The highest BCUT2D eigenvalue weighted by molar-refractivity contribution is 5.48. The lowest BCUT2D eigenvalue weighted by atomic mass is 10.1. The Morgan fingerprint density at radius 1 is 1.33 bits per heavy atom. The van der Waals surface area contributed by atoms with Gasteiger partial charge >= 0.3 is 0 Å². The van der Waals surface area contributed by atoms with Crippen molar-refractivity contribution in [3.8, 4) is 0 Å². The van der Waals surface area contributed by atoms with E-state index in [1.54, 1.807) is 6.54 Å². The molecule has 0 saturated carbocycles. The molecular formula is C11H13N2O2. The lowest BCUT2D eigenvalue weighted by Crippen LogP contribution is -2.37. The van der Waals surface area contributed by atoms with E-state index in [1.165, 1.54) is 0 Å². The van der Waals surface area contributed by atoms with Gasteiger partial charge in [-0.15, -0.1) is 0 Å². The molecule has 4 nitrogen and oxygen atoms in total. The van der Waals surface area contributed by atoms with Crippen molar-refractivity contribution in [3.05, 3.63) is 47.0 Å². The second kappa shape index (κ2) is 4.29. The van der Waals surface area contributed by atoms with Crippen LogP contribution in [0.2, 0.25) is 0 Å². The summed E-state index contributed by atoms with van der Waals surface area (Å²) in [6.07, 6.45) is 1.52. The van der Waals surface area contributed by atoms with Gasteiger partial charge in [-0.1, -0.05) is 18.2 Å². The summed E-state index contributed by atoms with van der Waals surface area (Å²) in [5.41, 5.74) is 1.03. The fourth-order valence-corrected chi connectivity index (χ4v) is 1.82. The van der Waals surface area contributed by atoms with Crippen molar-refractivity contribution in [1.82, 2.24) is 0 Å². The molecule has 1 unspecified atom stereocenters. The van der Waals surface area contributed by atoms with Crippen LogP contribution < -0.4 is 4.90 Å². The Morgan fingerprint density at radius 2 is 2.07 bits per heavy atom. The van der Waals surface area contributed by atoms with E-state index in [2.05, 4.69) is 0 Å². The van der Waals surface area contributed by atoms with Crippen LogP contribution >= 0.6 is 0 Å². The Kier molecular flexibility index (Phi) is 2.85. The van der Waals surface area contributed by atoms with E-state index < -0.39 is 6.04 Å². The molecule has 1 aliphatic rings. The molecule has 1 aromatic rings. The molecule has 1 saturated heterocycles. The van der Waals surface area contributed by atoms with Gasteiger partial charge in [-0.3, -0.25) is 10.1 Å². The van der Waals surface area contributed by atoms with Crippen molar-refractivity contribution < 1.29 is 4.92 Å². The number of rotatable bonds is 2. The van der Waals surface area contributed by atoms with Crippen molar-refractivity contribution in [2.75, 3.05) is 11.4 Å². The smallest absolute Gasteiger partial charge is 0.235 e. The molecule has 15 heavy (non-hydrogen) atoms. The van der Waals surface area contributed by atoms with Crippen LogP contribution in [0.3, 0.4) is 0 Å². The molecule has 1 heterocycles. The highest BCUT2D eigenvalue weighted by Crippen LogP contribution is 2.23. The Labute approximate surface area is 88.7 Å². The van der Waals surface area contributed by atoms with Gasteiger partial charge in [0.2, 0.25) is 6.04 Å². The van der Waals surface area contributed by atoms with Gasteiger partial charge in [-0.05, 0) is 18.6 Å². The van der Waals surface area contributed by atoms with E-state index in [-0.39, 0.29) is 4.92 Å². The lowest BCUT2D eigenvalue weighted by molar-refractivity contribution is -0.515. The molecule has 0 spiro atoms. The standard InChI is InChI=1S/C11H13N2O2/c14-13(15)11-7-4-8-12(9-11)10-5-2-1-3-6-10/h1-3,5-6,9,11H,4,7-8H2. The summed E-state index contributed by atoms with van der Waals surface area (Å²) < 4.78 is 0. The van der Waals surface area contributed by atoms with Crippen LogP contribution in [-0.4, -0.2) is 17.5 Å². The van der Waals surface area contributed by atoms with Gasteiger partial charge in [-0.25, -0.2) is 0 Å². The molecule has 0 aromatic heterocycles. The summed E-state index contributed by atoms with van der Waals surface area (Å²) in [7, 11) is 0. The molecule has 1 fully saturated rings. The second-order valence-corrected chi connectivity index (χ2v) is 3.67. The monoisotopic (exact) mass is 205 g/mol. The molecular weight excluding hydrogens is 192 g/mol. The molecule has 1 aromatic carbocycles. The Morgan fingerprint density at radius 3 is 2.73 bits per heavy atom. The van der Waals surface area contributed by atoms with Crippen LogP contribution in [0, 0.1) is 16.7 Å². The van der Waals surface area contributed by atoms with E-state index in [4.69, 9.17) is 0 Å². The summed E-state index contributed by atoms with van der Waals surface area (Å²) in [5, 5.41) is 10.7. The Hall–Kier alpha value is -1.58. The number of hydrogen-bond donors (Lipinski definition) is 0. The minimum atomic E-state index is -0.529. The first-order valence-corrected chi connectivity index (χ1v) is 5.07. The fourth-order valence-electron chi connectivity index (χ4n) is 1.82. The quantitative estimate of drug-likeness (QED) is 0.548. The van der Waals surface area contributed by atoms with E-state index in [0.29, 0.717) is 6.42 Å². The van der Waals surface area contributed by atoms with Gasteiger partial charge in [0.1, 0.15) is 6.54 Å². The minimum Gasteiger partial charge on any atom is -0.360 e. The number of piperidine rings is 1. The summed E-state index contributed by atoms with van der Waals surface area (Å²) in [5.74, 6) is 0. The lowest BCUT2D eigenvalue weighted by Gasteiger charge is -2.29. The van der Waals surface area contributed by atoms with Gasteiger partial charge in [0, 0.05) is 23.6 Å². The van der Waals surface area contributed by atoms with Crippen molar-refractivity contribution in [1.29, 1.82) is 0 Å². The summed E-state index contributed by atoms with van der Waals surface area (Å²) in [6.45, 7) is 2.59. The summed E-state index contributed by atoms with van der Waals surface area (Å²) in [4.78, 5) is 12.4. The molecule has 79 valence electrons. The van der Waals surface area contributed by atoms with Gasteiger partial charge in [0.05, 0.1) is 0 Å². The maximum Gasteiger partial charge on any atom is 0.235 e. The zero-order valence-electron chi connectivity index (χ0n) is 8.37. The van der Waals surface area contributed by atoms with Gasteiger partial charge in [-0.2, -0.15) is 0 Å².